The van der Waals surface area contributed by atoms with Crippen LogP contribution in [-0.4, -0.2) is 52.8 Å². The number of carbonyl (C=O) groups excluding carboxylic acids is 2. The van der Waals surface area contributed by atoms with Crippen LogP contribution in [-0.2, 0) is 16.1 Å². The van der Waals surface area contributed by atoms with Crippen molar-refractivity contribution in [1.29, 1.82) is 0 Å². The van der Waals surface area contributed by atoms with Crippen molar-refractivity contribution < 1.29 is 9.59 Å². The average molecular weight is 327 g/mol. The van der Waals surface area contributed by atoms with E-state index in [0.29, 0.717) is 6.54 Å². The molecule has 3 saturated heterocycles. The second kappa shape index (κ2) is 5.88. The minimum absolute atomic E-state index is 0.160. The predicted molar refractivity (Wildman–Crippen MR) is 91.4 cm³/mol. The summed E-state index contributed by atoms with van der Waals surface area (Å²) < 4.78 is 0. The minimum atomic E-state index is -0.247. The normalized spacial score (nSPS) is 29.2. The fourth-order valence-corrected chi connectivity index (χ4v) is 4.38. The molecule has 3 heterocycles. The summed E-state index contributed by atoms with van der Waals surface area (Å²) in [6, 6.07) is 6.24. The van der Waals surface area contributed by atoms with E-state index in [4.69, 9.17) is 0 Å². The molecule has 1 N–H and O–H groups in total. The van der Waals surface area contributed by atoms with Crippen LogP contribution >= 0.6 is 0 Å². The first-order chi connectivity index (χ1) is 11.5. The molecule has 3 fully saturated rings. The van der Waals surface area contributed by atoms with Gasteiger partial charge in [0.2, 0.25) is 11.8 Å². The molecule has 128 valence electrons. The Morgan fingerprint density at radius 3 is 2.75 bits per heavy atom. The first kappa shape index (κ1) is 15.6. The number of hydrogen-bond donors (Lipinski definition) is 1. The maximum Gasteiger partial charge on any atom is 0.246 e. The summed E-state index contributed by atoms with van der Waals surface area (Å²) in [5.74, 6) is 0.321. The summed E-state index contributed by atoms with van der Waals surface area (Å²) in [6.45, 7) is 6.41. The zero-order chi connectivity index (χ0) is 16.8. The molecule has 3 aliphatic heterocycles. The van der Waals surface area contributed by atoms with E-state index in [1.54, 1.807) is 0 Å². The Bertz CT molecular complexity index is 657. The summed E-state index contributed by atoms with van der Waals surface area (Å²) in [5, 5.41) is 3.56. The van der Waals surface area contributed by atoms with Gasteiger partial charge in [0.1, 0.15) is 12.1 Å². The number of nitrogens with zero attached hydrogens (tertiary/aromatic N) is 2. The van der Waals surface area contributed by atoms with E-state index in [0.717, 1.165) is 32.4 Å². The number of amides is 2. The lowest BCUT2D eigenvalue weighted by Crippen LogP contribution is -2.60. The van der Waals surface area contributed by atoms with Crippen LogP contribution in [0.2, 0.25) is 0 Å². The third-order valence-electron chi connectivity index (χ3n) is 5.78. The molecule has 0 spiro atoms. The molecule has 2 amide bonds. The number of hydrogen-bond acceptors (Lipinski definition) is 3. The Morgan fingerprint density at radius 2 is 1.92 bits per heavy atom. The highest BCUT2D eigenvalue weighted by atomic mass is 16.2. The number of rotatable bonds is 3. The predicted octanol–water partition coefficient (Wildman–Crippen LogP) is 1.37. The lowest BCUT2D eigenvalue weighted by atomic mass is 10.0. The highest BCUT2D eigenvalue weighted by Gasteiger charge is 2.51. The van der Waals surface area contributed by atoms with Gasteiger partial charge in [-0.2, -0.15) is 0 Å². The molecule has 3 aliphatic rings. The van der Waals surface area contributed by atoms with Crippen LogP contribution < -0.4 is 5.32 Å². The van der Waals surface area contributed by atoms with Gasteiger partial charge in [-0.05, 0) is 44.2 Å². The molecule has 5 nitrogen and oxygen atoms in total. The van der Waals surface area contributed by atoms with Crippen LogP contribution in [0.1, 0.15) is 36.0 Å². The molecule has 24 heavy (non-hydrogen) atoms. The van der Waals surface area contributed by atoms with Gasteiger partial charge in [-0.1, -0.05) is 23.8 Å². The summed E-state index contributed by atoms with van der Waals surface area (Å²) in [5.41, 5.74) is 3.82. The topological polar surface area (TPSA) is 52.7 Å². The summed E-state index contributed by atoms with van der Waals surface area (Å²) in [6.07, 6.45) is 2.52. The van der Waals surface area contributed by atoms with Gasteiger partial charge in [-0.25, -0.2) is 0 Å². The summed E-state index contributed by atoms with van der Waals surface area (Å²) >= 11 is 0. The molecule has 4 rings (SSSR count). The minimum Gasteiger partial charge on any atom is -0.329 e. The standard InChI is InChI=1S/C19H25N3O2/c1-12-5-6-13(2)14(8-12)10-20-15-9-17-19(24)21-7-3-4-16(21)18(23)22(17)11-15/h5-6,8,15-17,20H,3-4,7,9-11H2,1-2H3/t15-,16+,17-/m0/s1. The van der Waals surface area contributed by atoms with Crippen molar-refractivity contribution in [1.82, 2.24) is 15.1 Å². The van der Waals surface area contributed by atoms with Gasteiger partial charge < -0.3 is 15.1 Å². The first-order valence-corrected chi connectivity index (χ1v) is 8.95. The lowest BCUT2D eigenvalue weighted by molar-refractivity contribution is -0.156. The maximum atomic E-state index is 12.7. The molecular weight excluding hydrogens is 302 g/mol. The van der Waals surface area contributed by atoms with Crippen LogP contribution in [0.25, 0.3) is 0 Å². The number of fused-ring (bicyclic) bond motifs is 2. The smallest absolute Gasteiger partial charge is 0.246 e. The van der Waals surface area contributed by atoms with E-state index in [1.807, 2.05) is 9.80 Å². The van der Waals surface area contributed by atoms with Gasteiger partial charge in [0.25, 0.3) is 0 Å². The van der Waals surface area contributed by atoms with Crippen LogP contribution in [0, 0.1) is 13.8 Å². The number of aryl methyl sites for hydroxylation is 2. The third-order valence-corrected chi connectivity index (χ3v) is 5.78. The number of piperazine rings is 1. The molecule has 0 saturated carbocycles. The molecule has 0 bridgehead atoms. The maximum absolute atomic E-state index is 12.7. The molecule has 0 radical (unpaired) electrons. The third kappa shape index (κ3) is 2.51. The Balaban J connectivity index is 1.44. The van der Waals surface area contributed by atoms with Crippen molar-refractivity contribution in [3.8, 4) is 0 Å². The van der Waals surface area contributed by atoms with Gasteiger partial charge >= 0.3 is 0 Å². The van der Waals surface area contributed by atoms with E-state index in [1.165, 1.54) is 16.7 Å². The van der Waals surface area contributed by atoms with Gasteiger partial charge in [-0.3, -0.25) is 9.59 Å². The van der Waals surface area contributed by atoms with E-state index >= 15 is 0 Å². The monoisotopic (exact) mass is 327 g/mol. The molecule has 0 aromatic heterocycles. The van der Waals surface area contributed by atoms with Gasteiger partial charge in [-0.15, -0.1) is 0 Å². The Kier molecular flexibility index (Phi) is 3.83. The van der Waals surface area contributed by atoms with Crippen molar-refractivity contribution in [2.75, 3.05) is 13.1 Å². The second-order valence-electron chi connectivity index (χ2n) is 7.44. The summed E-state index contributed by atoms with van der Waals surface area (Å²) in [4.78, 5) is 29.0. The van der Waals surface area contributed by atoms with Gasteiger partial charge in [0, 0.05) is 25.7 Å². The van der Waals surface area contributed by atoms with Crippen molar-refractivity contribution in [2.24, 2.45) is 0 Å². The first-order valence-electron chi connectivity index (χ1n) is 8.95. The zero-order valence-corrected chi connectivity index (χ0v) is 14.4. The number of nitrogens with one attached hydrogen (secondary N) is 1. The number of carbonyl (C=O) groups is 2. The summed E-state index contributed by atoms with van der Waals surface area (Å²) in [7, 11) is 0. The lowest BCUT2D eigenvalue weighted by Gasteiger charge is -2.38. The van der Waals surface area contributed by atoms with Crippen LogP contribution in [0.5, 0.6) is 0 Å². The highest BCUT2D eigenvalue weighted by molar-refractivity contribution is 5.98. The van der Waals surface area contributed by atoms with Crippen LogP contribution in [0.3, 0.4) is 0 Å². The zero-order valence-electron chi connectivity index (χ0n) is 14.4. The molecule has 1 aromatic rings. The average Bonchev–Trinajstić information content (AvgIpc) is 3.21. The highest BCUT2D eigenvalue weighted by Crippen LogP contribution is 2.32. The number of benzene rings is 1. The quantitative estimate of drug-likeness (QED) is 0.912. The van der Waals surface area contributed by atoms with Crippen LogP contribution in [0.4, 0.5) is 0 Å². The largest absolute Gasteiger partial charge is 0.329 e. The van der Waals surface area contributed by atoms with Crippen molar-refractivity contribution >= 4 is 11.8 Å². The van der Waals surface area contributed by atoms with E-state index in [9.17, 15) is 9.59 Å². The van der Waals surface area contributed by atoms with Crippen molar-refractivity contribution in [3.05, 3.63) is 34.9 Å². The Morgan fingerprint density at radius 1 is 1.12 bits per heavy atom. The van der Waals surface area contributed by atoms with Crippen molar-refractivity contribution in [2.45, 2.75) is 57.8 Å². The van der Waals surface area contributed by atoms with E-state index in [2.05, 4.69) is 37.4 Å². The second-order valence-corrected chi connectivity index (χ2v) is 7.44. The molecule has 0 aliphatic carbocycles. The molecule has 0 unspecified atom stereocenters. The van der Waals surface area contributed by atoms with Gasteiger partial charge in [0.15, 0.2) is 0 Å². The molecule has 5 heteroatoms. The van der Waals surface area contributed by atoms with Crippen molar-refractivity contribution in [3.63, 3.8) is 0 Å². The van der Waals surface area contributed by atoms with E-state index in [-0.39, 0.29) is 29.9 Å². The molecule has 1 aromatic carbocycles. The SMILES string of the molecule is Cc1ccc(C)c(CN[C@H]2C[C@H]3C(=O)N4CCC[C@@H]4C(=O)N3C2)c1. The van der Waals surface area contributed by atoms with E-state index < -0.39 is 0 Å². The fourth-order valence-electron chi connectivity index (χ4n) is 4.38. The fraction of sp³-hybridized carbons (Fsp3) is 0.579. The Labute approximate surface area is 143 Å². The molecular formula is C19H25N3O2. The van der Waals surface area contributed by atoms with Crippen LogP contribution in [0.15, 0.2) is 18.2 Å². The molecule has 3 atom stereocenters. The Hall–Kier alpha value is -1.88. The van der Waals surface area contributed by atoms with Gasteiger partial charge in [0.05, 0.1) is 0 Å².